The number of nitrogens with zero attached hydrogens (tertiary/aromatic N) is 5. The highest BCUT2D eigenvalue weighted by molar-refractivity contribution is 7.93. The van der Waals surface area contributed by atoms with Gasteiger partial charge < -0.3 is 14.4 Å². The average Bonchev–Trinajstić information content (AvgIpc) is 3.36. The van der Waals surface area contributed by atoms with Crippen LogP contribution < -0.4 is 18.7 Å². The molecule has 2 aliphatic heterocycles. The molecule has 10 nitrogen and oxygen atoms in total. The van der Waals surface area contributed by atoms with E-state index in [1.165, 1.54) is 19.4 Å². The number of pyridine rings is 2. The minimum atomic E-state index is -4.48. The third kappa shape index (κ3) is 4.57. The number of carbonyl (C=O) groups excluding carboxylic acids is 1. The highest BCUT2D eigenvalue weighted by atomic mass is 35.5. The number of carbonyl (C=O) groups is 1. The molecule has 0 radical (unpaired) electrons. The van der Waals surface area contributed by atoms with Crippen molar-refractivity contribution < 1.29 is 22.7 Å². The van der Waals surface area contributed by atoms with Gasteiger partial charge in [0.25, 0.3) is 15.9 Å². The average molecular weight is 656 g/mol. The number of rotatable bonds is 7. The molecule has 0 spiro atoms. The Morgan fingerprint density at radius 3 is 2.33 bits per heavy atom. The molecule has 5 aromatic rings. The van der Waals surface area contributed by atoms with E-state index < -0.39 is 21.5 Å². The first-order valence-electron chi connectivity index (χ1n) is 14.7. The molecular weight excluding hydrogens is 626 g/mol. The van der Waals surface area contributed by atoms with E-state index in [4.69, 9.17) is 21.1 Å². The smallest absolute Gasteiger partial charge is 0.273 e. The maximum absolute atomic E-state index is 15.4. The molecule has 0 bridgehead atoms. The fourth-order valence-electron chi connectivity index (χ4n) is 6.66. The normalized spacial score (nSPS) is 18.5. The van der Waals surface area contributed by atoms with Gasteiger partial charge in [0.05, 0.1) is 25.4 Å². The lowest BCUT2D eigenvalue weighted by Gasteiger charge is -2.46. The van der Waals surface area contributed by atoms with Gasteiger partial charge in [-0.15, -0.1) is 0 Å². The molecule has 12 heteroatoms. The number of para-hydroxylation sites is 1. The van der Waals surface area contributed by atoms with Crippen LogP contribution in [0.3, 0.4) is 0 Å². The molecule has 0 aliphatic carbocycles. The van der Waals surface area contributed by atoms with E-state index in [1.54, 1.807) is 80.2 Å². The number of piperazine rings is 1. The molecule has 1 atom stereocenters. The topological polar surface area (TPSA) is 105 Å². The maximum atomic E-state index is 15.4. The zero-order valence-electron chi connectivity index (χ0n) is 25.1. The van der Waals surface area contributed by atoms with Crippen LogP contribution in [0.25, 0.3) is 10.9 Å². The monoisotopic (exact) mass is 655 g/mol. The molecule has 3 aromatic carbocycles. The van der Waals surface area contributed by atoms with Crippen molar-refractivity contribution in [1.29, 1.82) is 0 Å². The zero-order valence-corrected chi connectivity index (χ0v) is 26.7. The molecule has 0 saturated carbocycles. The lowest BCUT2D eigenvalue weighted by atomic mass is 9.80. The first-order chi connectivity index (χ1) is 22.3. The van der Waals surface area contributed by atoms with Crippen LogP contribution in [0.15, 0.2) is 102 Å². The number of hydrogen-bond acceptors (Lipinski definition) is 9. The number of methoxy groups -OCH3 is 2. The SMILES string of the molecule is COc1ccc(C2(N3CCN(c4ccncc4)CC3)C(=O)N(S(=O)(=O)c3cccc4cccnc34)c3ccc(Cl)cc32)c(OC)c1. The Kier molecular flexibility index (Phi) is 7.54. The molecule has 46 heavy (non-hydrogen) atoms. The van der Waals surface area contributed by atoms with E-state index in [1.807, 2.05) is 17.0 Å². The predicted molar refractivity (Wildman–Crippen MR) is 176 cm³/mol. The Morgan fingerprint density at radius 1 is 0.826 bits per heavy atom. The van der Waals surface area contributed by atoms with Crippen LogP contribution in [-0.4, -0.2) is 69.6 Å². The summed E-state index contributed by atoms with van der Waals surface area (Å²) in [6.07, 6.45) is 5.03. The minimum absolute atomic E-state index is 0.0696. The van der Waals surface area contributed by atoms with E-state index in [0.717, 1.165) is 9.99 Å². The molecule has 234 valence electrons. The summed E-state index contributed by atoms with van der Waals surface area (Å²) < 4.78 is 41.8. The van der Waals surface area contributed by atoms with Crippen molar-refractivity contribution in [2.45, 2.75) is 10.4 Å². The number of anilines is 2. The van der Waals surface area contributed by atoms with Crippen LogP contribution in [0.2, 0.25) is 5.02 Å². The van der Waals surface area contributed by atoms with Crippen molar-refractivity contribution in [1.82, 2.24) is 14.9 Å². The van der Waals surface area contributed by atoms with Crippen molar-refractivity contribution in [3.63, 3.8) is 0 Å². The third-order valence-corrected chi connectivity index (χ3v) is 10.7. The summed E-state index contributed by atoms with van der Waals surface area (Å²) in [7, 11) is -1.41. The fraction of sp³-hybridized carbons (Fsp3) is 0.206. The van der Waals surface area contributed by atoms with Gasteiger partial charge in [-0.1, -0.05) is 29.8 Å². The van der Waals surface area contributed by atoms with E-state index in [2.05, 4.69) is 14.9 Å². The van der Waals surface area contributed by atoms with E-state index in [-0.39, 0.29) is 16.1 Å². The van der Waals surface area contributed by atoms with Crippen molar-refractivity contribution in [3.8, 4) is 11.5 Å². The number of aromatic nitrogens is 2. The summed E-state index contributed by atoms with van der Waals surface area (Å²) in [6, 6.07) is 22.4. The summed E-state index contributed by atoms with van der Waals surface area (Å²) in [5.41, 5.74) is 0.834. The lowest BCUT2D eigenvalue weighted by Crippen LogP contribution is -2.60. The number of sulfonamides is 1. The zero-order chi connectivity index (χ0) is 32.1. The number of halogens is 1. The number of benzene rings is 3. The van der Waals surface area contributed by atoms with Crippen molar-refractivity contribution >= 4 is 49.8 Å². The molecule has 2 aromatic heterocycles. The number of hydrogen-bond donors (Lipinski definition) is 0. The van der Waals surface area contributed by atoms with E-state index >= 15 is 4.79 Å². The molecular formula is C34H30ClN5O5S. The molecule has 4 heterocycles. The number of ether oxygens (including phenoxy) is 2. The summed E-state index contributed by atoms with van der Waals surface area (Å²) >= 11 is 6.63. The summed E-state index contributed by atoms with van der Waals surface area (Å²) in [5, 5.41) is 1.01. The van der Waals surface area contributed by atoms with E-state index in [0.29, 0.717) is 59.2 Å². The van der Waals surface area contributed by atoms with E-state index in [9.17, 15) is 8.42 Å². The highest BCUT2D eigenvalue weighted by Crippen LogP contribution is 2.54. The van der Waals surface area contributed by atoms with Crippen molar-refractivity contribution in [3.05, 3.63) is 114 Å². The number of fused-ring (bicyclic) bond motifs is 2. The van der Waals surface area contributed by atoms with Crippen LogP contribution in [0.1, 0.15) is 11.1 Å². The Bertz CT molecular complexity index is 2070. The molecule has 1 saturated heterocycles. The second-order valence-corrected chi connectivity index (χ2v) is 13.2. The summed E-state index contributed by atoms with van der Waals surface area (Å²) in [5.74, 6) is 0.251. The molecule has 1 unspecified atom stereocenters. The van der Waals surface area contributed by atoms with Gasteiger partial charge in [-0.05, 0) is 54.6 Å². The van der Waals surface area contributed by atoms with Crippen molar-refractivity contribution in [2.75, 3.05) is 49.6 Å². The Labute approximate surface area is 271 Å². The van der Waals surface area contributed by atoms with Gasteiger partial charge in [0.15, 0.2) is 5.54 Å². The van der Waals surface area contributed by atoms with Gasteiger partial charge in [-0.25, -0.2) is 12.7 Å². The highest BCUT2D eigenvalue weighted by Gasteiger charge is 2.60. The van der Waals surface area contributed by atoms with Gasteiger partial charge in [-0.2, -0.15) is 0 Å². The first kappa shape index (κ1) is 30.0. The minimum Gasteiger partial charge on any atom is -0.497 e. The van der Waals surface area contributed by atoms with Crippen LogP contribution >= 0.6 is 11.6 Å². The van der Waals surface area contributed by atoms with Crippen LogP contribution in [-0.2, 0) is 20.4 Å². The van der Waals surface area contributed by atoms with Crippen LogP contribution in [0.5, 0.6) is 11.5 Å². The maximum Gasteiger partial charge on any atom is 0.273 e. The molecule has 1 amide bonds. The second-order valence-electron chi connectivity index (χ2n) is 11.0. The van der Waals surface area contributed by atoms with Crippen LogP contribution in [0.4, 0.5) is 11.4 Å². The van der Waals surface area contributed by atoms with Gasteiger partial charge >= 0.3 is 0 Å². The molecule has 1 fully saturated rings. The van der Waals surface area contributed by atoms with Crippen LogP contribution in [0, 0.1) is 0 Å². The Morgan fingerprint density at radius 2 is 1.59 bits per heavy atom. The Balaban J connectivity index is 1.45. The largest absolute Gasteiger partial charge is 0.497 e. The molecule has 7 rings (SSSR count). The van der Waals surface area contributed by atoms with Gasteiger partial charge in [0.2, 0.25) is 0 Å². The Hall–Kier alpha value is -4.71. The van der Waals surface area contributed by atoms with Gasteiger partial charge in [0.1, 0.15) is 16.4 Å². The predicted octanol–water partition coefficient (Wildman–Crippen LogP) is 5.10. The van der Waals surface area contributed by atoms with Crippen molar-refractivity contribution in [2.24, 2.45) is 0 Å². The third-order valence-electron chi connectivity index (χ3n) is 8.76. The summed E-state index contributed by atoms with van der Waals surface area (Å²) in [4.78, 5) is 28.1. The number of amides is 1. The fourth-order valence-corrected chi connectivity index (χ4v) is 8.46. The standard InChI is InChI=1S/C34H30ClN5O5S/c1-44-26-9-10-27(30(22-26)45-2)34(39-19-17-38(18-20-39)25-12-15-36-16-13-25)28-21-24(35)8-11-29(28)40(33(34)41)46(42,43)31-7-3-5-23-6-4-14-37-32(23)31/h3-16,21-22H,17-20H2,1-2H3. The van der Waals surface area contributed by atoms with Gasteiger partial charge in [-0.3, -0.25) is 19.7 Å². The quantitative estimate of drug-likeness (QED) is 0.237. The first-order valence-corrected chi connectivity index (χ1v) is 16.5. The molecule has 2 aliphatic rings. The second kappa shape index (κ2) is 11.6. The molecule has 0 N–H and O–H groups in total. The summed E-state index contributed by atoms with van der Waals surface area (Å²) in [6.45, 7) is 2.01. The lowest BCUT2D eigenvalue weighted by molar-refractivity contribution is -0.127. The van der Waals surface area contributed by atoms with Gasteiger partial charge in [0, 0.05) is 78.1 Å².